The molecule has 0 unspecified atom stereocenters. The van der Waals surface area contributed by atoms with E-state index in [4.69, 9.17) is 9.47 Å². The third-order valence-electron chi connectivity index (χ3n) is 3.35. The summed E-state index contributed by atoms with van der Waals surface area (Å²) in [6.07, 6.45) is -0.700. The van der Waals surface area contributed by atoms with Gasteiger partial charge in [-0.1, -0.05) is 17.7 Å². The highest BCUT2D eigenvalue weighted by Crippen LogP contribution is 2.24. The molecule has 1 aromatic carbocycles. The fourth-order valence-corrected chi connectivity index (χ4v) is 2.34. The first-order valence-electron chi connectivity index (χ1n) is 8.45. The second kappa shape index (κ2) is 8.69. The second-order valence-electron chi connectivity index (χ2n) is 7.29. The highest BCUT2D eigenvalue weighted by atomic mass is 16.6. The van der Waals surface area contributed by atoms with E-state index in [1.54, 1.807) is 20.8 Å². The Labute approximate surface area is 154 Å². The molecule has 0 radical (unpaired) electrons. The maximum absolute atomic E-state index is 12.0. The molecule has 0 heterocycles. The Morgan fingerprint density at radius 1 is 1.08 bits per heavy atom. The number of aryl methyl sites for hydroxylation is 3. The van der Waals surface area contributed by atoms with E-state index in [9.17, 15) is 14.4 Å². The second-order valence-corrected chi connectivity index (χ2v) is 7.29. The van der Waals surface area contributed by atoms with Crippen molar-refractivity contribution in [2.24, 2.45) is 0 Å². The summed E-state index contributed by atoms with van der Waals surface area (Å²) in [7, 11) is 0. The lowest BCUT2D eigenvalue weighted by atomic mass is 10.1. The summed E-state index contributed by atoms with van der Waals surface area (Å²) < 4.78 is 10.4. The lowest BCUT2D eigenvalue weighted by Crippen LogP contribution is -2.47. The normalized spacial score (nSPS) is 12.1. The van der Waals surface area contributed by atoms with Crippen molar-refractivity contribution in [3.63, 3.8) is 0 Å². The van der Waals surface area contributed by atoms with E-state index in [1.807, 2.05) is 32.9 Å². The van der Waals surface area contributed by atoms with Crippen LogP contribution in [0.2, 0.25) is 0 Å². The number of hydrogen-bond acceptors (Lipinski definition) is 5. The van der Waals surface area contributed by atoms with Gasteiger partial charge in [-0.2, -0.15) is 0 Å². The van der Waals surface area contributed by atoms with E-state index in [0.717, 1.165) is 16.7 Å². The molecule has 26 heavy (non-hydrogen) atoms. The molecule has 144 valence electrons. The van der Waals surface area contributed by atoms with Gasteiger partial charge in [0, 0.05) is 0 Å². The fourth-order valence-electron chi connectivity index (χ4n) is 2.34. The van der Waals surface area contributed by atoms with Crippen LogP contribution in [0.5, 0.6) is 5.75 Å². The van der Waals surface area contributed by atoms with E-state index in [1.165, 1.54) is 6.92 Å². The molecular formula is C19H28N2O5. The Balaban J connectivity index is 2.52. The zero-order valence-corrected chi connectivity index (χ0v) is 16.5. The predicted molar refractivity (Wildman–Crippen MR) is 98.1 cm³/mol. The van der Waals surface area contributed by atoms with Gasteiger partial charge in [0.25, 0.3) is 0 Å². The number of amides is 2. The molecule has 0 bridgehead atoms. The number of rotatable bonds is 5. The molecule has 0 spiro atoms. The minimum Gasteiger partial charge on any atom is -0.444 e. The van der Waals surface area contributed by atoms with Crippen LogP contribution in [0.25, 0.3) is 0 Å². The van der Waals surface area contributed by atoms with Crippen LogP contribution >= 0.6 is 0 Å². The highest BCUT2D eigenvalue weighted by Gasteiger charge is 2.21. The first-order valence-corrected chi connectivity index (χ1v) is 8.45. The minimum absolute atomic E-state index is 0.300. The maximum Gasteiger partial charge on any atom is 0.408 e. The highest BCUT2D eigenvalue weighted by molar-refractivity contribution is 5.88. The smallest absolute Gasteiger partial charge is 0.408 e. The van der Waals surface area contributed by atoms with Gasteiger partial charge in [0.05, 0.1) is 0 Å². The van der Waals surface area contributed by atoms with Crippen LogP contribution in [0.15, 0.2) is 12.1 Å². The summed E-state index contributed by atoms with van der Waals surface area (Å²) in [6.45, 7) is 12.0. The summed E-state index contributed by atoms with van der Waals surface area (Å²) in [4.78, 5) is 35.6. The van der Waals surface area contributed by atoms with E-state index in [0.29, 0.717) is 5.75 Å². The number of carbonyl (C=O) groups excluding carboxylic acids is 3. The van der Waals surface area contributed by atoms with Crippen molar-refractivity contribution < 1.29 is 23.9 Å². The fraction of sp³-hybridized carbons (Fsp3) is 0.526. The number of hydrogen-bond donors (Lipinski definition) is 2. The van der Waals surface area contributed by atoms with Crippen molar-refractivity contribution in [3.05, 3.63) is 28.8 Å². The van der Waals surface area contributed by atoms with Crippen molar-refractivity contribution in [1.29, 1.82) is 0 Å². The standard InChI is InChI=1S/C19H28N2O5/c1-11-8-12(2)16(13(3)9-11)25-15(22)10-20-17(23)14(4)21-18(24)26-19(5,6)7/h8-9,14H,10H2,1-7H3,(H,20,23)(H,21,24)/t14-/m0/s1. The SMILES string of the molecule is Cc1cc(C)c(OC(=O)CNC(=O)[C@H](C)NC(=O)OC(C)(C)C)c(C)c1. The van der Waals surface area contributed by atoms with Crippen LogP contribution in [0, 0.1) is 20.8 Å². The number of benzene rings is 1. The molecule has 2 N–H and O–H groups in total. The van der Waals surface area contributed by atoms with Gasteiger partial charge in [0.1, 0.15) is 23.9 Å². The molecule has 0 aliphatic carbocycles. The topological polar surface area (TPSA) is 93.7 Å². The van der Waals surface area contributed by atoms with Crippen LogP contribution in [0.1, 0.15) is 44.4 Å². The first-order chi connectivity index (χ1) is 11.9. The van der Waals surface area contributed by atoms with Crippen LogP contribution < -0.4 is 15.4 Å². The van der Waals surface area contributed by atoms with E-state index >= 15 is 0 Å². The van der Waals surface area contributed by atoms with Gasteiger partial charge in [0.15, 0.2) is 0 Å². The van der Waals surface area contributed by atoms with E-state index in [2.05, 4.69) is 10.6 Å². The number of alkyl carbamates (subject to hydrolysis) is 1. The Hall–Kier alpha value is -2.57. The molecule has 0 fully saturated rings. The van der Waals surface area contributed by atoms with Crippen molar-refractivity contribution in [2.45, 2.75) is 60.1 Å². The number of carbonyl (C=O) groups is 3. The molecule has 7 heteroatoms. The molecule has 1 atom stereocenters. The quantitative estimate of drug-likeness (QED) is 0.619. The van der Waals surface area contributed by atoms with Crippen molar-refractivity contribution >= 4 is 18.0 Å². The van der Waals surface area contributed by atoms with Crippen LogP contribution in [-0.4, -0.2) is 36.2 Å². The van der Waals surface area contributed by atoms with Gasteiger partial charge in [-0.05, 0) is 59.6 Å². The van der Waals surface area contributed by atoms with E-state index < -0.39 is 29.6 Å². The monoisotopic (exact) mass is 364 g/mol. The molecular weight excluding hydrogens is 336 g/mol. The molecule has 2 amide bonds. The summed E-state index contributed by atoms with van der Waals surface area (Å²) in [6, 6.07) is 2.99. The van der Waals surface area contributed by atoms with E-state index in [-0.39, 0.29) is 6.54 Å². The maximum atomic E-state index is 12.0. The third-order valence-corrected chi connectivity index (χ3v) is 3.35. The molecule has 7 nitrogen and oxygen atoms in total. The lowest BCUT2D eigenvalue weighted by Gasteiger charge is -2.21. The Morgan fingerprint density at radius 2 is 1.62 bits per heavy atom. The molecule has 0 saturated carbocycles. The number of ether oxygens (including phenoxy) is 2. The van der Waals surface area contributed by atoms with Gasteiger partial charge in [-0.25, -0.2) is 9.59 Å². The Kier molecular flexibility index (Phi) is 7.18. The molecule has 0 aromatic heterocycles. The third kappa shape index (κ3) is 7.13. The van der Waals surface area contributed by atoms with Gasteiger partial charge >= 0.3 is 12.1 Å². The Morgan fingerprint density at radius 3 is 2.12 bits per heavy atom. The average molecular weight is 364 g/mol. The first kappa shape index (κ1) is 21.5. The van der Waals surface area contributed by atoms with Crippen LogP contribution in [-0.2, 0) is 14.3 Å². The van der Waals surface area contributed by atoms with Gasteiger partial charge in [-0.3, -0.25) is 4.79 Å². The predicted octanol–water partition coefficient (Wildman–Crippen LogP) is 2.55. The minimum atomic E-state index is -0.847. The van der Waals surface area contributed by atoms with Crippen molar-refractivity contribution in [3.8, 4) is 5.75 Å². The number of nitrogens with one attached hydrogen (secondary N) is 2. The van der Waals surface area contributed by atoms with Crippen molar-refractivity contribution in [1.82, 2.24) is 10.6 Å². The average Bonchev–Trinajstić information content (AvgIpc) is 2.46. The lowest BCUT2D eigenvalue weighted by molar-refractivity contribution is -0.135. The number of esters is 1. The largest absolute Gasteiger partial charge is 0.444 e. The summed E-state index contributed by atoms with van der Waals surface area (Å²) >= 11 is 0. The van der Waals surface area contributed by atoms with Crippen molar-refractivity contribution in [2.75, 3.05) is 6.54 Å². The van der Waals surface area contributed by atoms with Crippen LogP contribution in [0.4, 0.5) is 4.79 Å². The molecule has 1 rings (SSSR count). The van der Waals surface area contributed by atoms with Gasteiger partial charge in [-0.15, -0.1) is 0 Å². The Bertz CT molecular complexity index is 669. The zero-order chi connectivity index (χ0) is 20.1. The van der Waals surface area contributed by atoms with Gasteiger partial charge < -0.3 is 20.1 Å². The summed E-state index contributed by atoms with van der Waals surface area (Å²) in [5, 5.41) is 4.85. The molecule has 0 aliphatic rings. The molecule has 0 aliphatic heterocycles. The molecule has 1 aromatic rings. The summed E-state index contributed by atoms with van der Waals surface area (Å²) in [5.74, 6) is -0.599. The van der Waals surface area contributed by atoms with Gasteiger partial charge in [0.2, 0.25) is 5.91 Å². The zero-order valence-electron chi connectivity index (χ0n) is 16.5. The molecule has 0 saturated heterocycles. The van der Waals surface area contributed by atoms with Crippen LogP contribution in [0.3, 0.4) is 0 Å². The summed E-state index contributed by atoms with van der Waals surface area (Å²) in [5.41, 5.74) is 2.12.